The van der Waals surface area contributed by atoms with Crippen LogP contribution in [0.4, 0.5) is 0 Å². The summed E-state index contributed by atoms with van der Waals surface area (Å²) in [4.78, 5) is 15.3. The van der Waals surface area contributed by atoms with E-state index in [1.165, 1.54) is 0 Å². The van der Waals surface area contributed by atoms with Crippen molar-refractivity contribution in [3.05, 3.63) is 35.8 Å². The second-order valence-corrected chi connectivity index (χ2v) is 3.02. The first-order chi connectivity index (χ1) is 7.72. The highest BCUT2D eigenvalue weighted by molar-refractivity contribution is 5.94. The van der Waals surface area contributed by atoms with E-state index in [2.05, 4.69) is 10.4 Å². The van der Waals surface area contributed by atoms with Crippen LogP contribution in [0.1, 0.15) is 29.9 Å². The summed E-state index contributed by atoms with van der Waals surface area (Å²) in [5, 5.41) is 0. The number of nitrogens with two attached hydrogens (primary N) is 1. The lowest BCUT2D eigenvalue weighted by Crippen LogP contribution is -2.29. The number of aryl methyl sites for hydroxylation is 1. The van der Waals surface area contributed by atoms with Crippen LogP contribution in [-0.2, 0) is 0 Å². The molecule has 0 aromatic carbocycles. The number of hydrazine groups is 1. The maximum atomic E-state index is 11.2. The van der Waals surface area contributed by atoms with Crippen LogP contribution in [0.15, 0.2) is 24.5 Å². The molecular formula is C11H16N4O. The number of amides is 1. The molecule has 0 saturated heterocycles. The van der Waals surface area contributed by atoms with E-state index in [4.69, 9.17) is 5.84 Å². The van der Waals surface area contributed by atoms with Crippen LogP contribution in [0.5, 0.6) is 0 Å². The minimum atomic E-state index is -0.312. The second-order valence-electron chi connectivity index (χ2n) is 3.02. The van der Waals surface area contributed by atoms with Crippen molar-refractivity contribution in [3.8, 4) is 0 Å². The van der Waals surface area contributed by atoms with Gasteiger partial charge < -0.3 is 4.40 Å². The van der Waals surface area contributed by atoms with Gasteiger partial charge in [0, 0.05) is 23.7 Å². The van der Waals surface area contributed by atoms with Gasteiger partial charge in [0.05, 0.1) is 0 Å². The van der Waals surface area contributed by atoms with E-state index in [0.717, 1.165) is 11.3 Å². The number of carbonyl (C=O) groups is 1. The van der Waals surface area contributed by atoms with Crippen LogP contribution in [0.2, 0.25) is 0 Å². The molecule has 86 valence electrons. The summed E-state index contributed by atoms with van der Waals surface area (Å²) < 4.78 is 1.90. The SMILES string of the molecule is CC.Cc1cnc2cc(C(=O)NN)ccn12. The molecule has 2 aromatic heterocycles. The topological polar surface area (TPSA) is 72.4 Å². The number of aromatic nitrogens is 2. The normalized spacial score (nSPS) is 9.50. The Bertz CT molecular complexity index is 490. The first-order valence-corrected chi connectivity index (χ1v) is 5.17. The molecule has 0 bridgehead atoms. The molecule has 2 rings (SSSR count). The average Bonchev–Trinajstić information content (AvgIpc) is 2.72. The van der Waals surface area contributed by atoms with Crippen LogP contribution >= 0.6 is 0 Å². The molecule has 0 aliphatic rings. The molecule has 0 radical (unpaired) electrons. The predicted molar refractivity (Wildman–Crippen MR) is 62.9 cm³/mol. The van der Waals surface area contributed by atoms with E-state index in [-0.39, 0.29) is 5.91 Å². The van der Waals surface area contributed by atoms with E-state index in [1.54, 1.807) is 24.5 Å². The summed E-state index contributed by atoms with van der Waals surface area (Å²) in [6.45, 7) is 5.95. The zero-order chi connectivity index (χ0) is 12.1. The number of fused-ring (bicyclic) bond motifs is 1. The summed E-state index contributed by atoms with van der Waals surface area (Å²) in [6, 6.07) is 3.39. The maximum Gasteiger partial charge on any atom is 0.265 e. The molecule has 0 aliphatic heterocycles. The number of hydrogen-bond acceptors (Lipinski definition) is 3. The molecule has 0 spiro atoms. The fraction of sp³-hybridized carbons (Fsp3) is 0.273. The van der Waals surface area contributed by atoms with Gasteiger partial charge >= 0.3 is 0 Å². The first-order valence-electron chi connectivity index (χ1n) is 5.17. The van der Waals surface area contributed by atoms with Crippen molar-refractivity contribution in [2.45, 2.75) is 20.8 Å². The van der Waals surface area contributed by atoms with Crippen molar-refractivity contribution < 1.29 is 4.79 Å². The van der Waals surface area contributed by atoms with Crippen LogP contribution in [-0.4, -0.2) is 15.3 Å². The molecule has 0 saturated carbocycles. The summed E-state index contributed by atoms with van der Waals surface area (Å²) in [7, 11) is 0. The van der Waals surface area contributed by atoms with Gasteiger partial charge in [-0.25, -0.2) is 10.8 Å². The molecule has 3 N–H and O–H groups in total. The average molecular weight is 220 g/mol. The Morgan fingerprint density at radius 1 is 1.50 bits per heavy atom. The first kappa shape index (κ1) is 12.2. The fourth-order valence-corrected chi connectivity index (χ4v) is 1.33. The number of imidazole rings is 1. The van der Waals surface area contributed by atoms with Gasteiger partial charge in [0.25, 0.3) is 5.91 Å². The van der Waals surface area contributed by atoms with Gasteiger partial charge in [0.2, 0.25) is 0 Å². The largest absolute Gasteiger partial charge is 0.304 e. The Balaban J connectivity index is 0.000000606. The number of carbonyl (C=O) groups excluding carboxylic acids is 1. The Labute approximate surface area is 94.3 Å². The third kappa shape index (κ3) is 2.20. The van der Waals surface area contributed by atoms with Gasteiger partial charge in [-0.15, -0.1) is 0 Å². The van der Waals surface area contributed by atoms with E-state index in [1.807, 2.05) is 25.2 Å². The Hall–Kier alpha value is -1.88. The van der Waals surface area contributed by atoms with Gasteiger partial charge in [0.15, 0.2) is 0 Å². The van der Waals surface area contributed by atoms with Crippen molar-refractivity contribution >= 4 is 11.6 Å². The van der Waals surface area contributed by atoms with Gasteiger partial charge in [0.1, 0.15) is 5.65 Å². The monoisotopic (exact) mass is 220 g/mol. The third-order valence-corrected chi connectivity index (χ3v) is 2.09. The highest BCUT2D eigenvalue weighted by Gasteiger charge is 2.05. The van der Waals surface area contributed by atoms with Crippen molar-refractivity contribution in [1.29, 1.82) is 0 Å². The number of rotatable bonds is 1. The number of nitrogens with zero attached hydrogens (tertiary/aromatic N) is 2. The van der Waals surface area contributed by atoms with Gasteiger partial charge in [-0.3, -0.25) is 10.2 Å². The smallest absolute Gasteiger partial charge is 0.265 e. The molecule has 16 heavy (non-hydrogen) atoms. The number of hydrogen-bond donors (Lipinski definition) is 2. The Morgan fingerprint density at radius 3 is 2.81 bits per heavy atom. The fourth-order valence-electron chi connectivity index (χ4n) is 1.33. The summed E-state index contributed by atoms with van der Waals surface area (Å²) >= 11 is 0. The minimum absolute atomic E-state index is 0.312. The van der Waals surface area contributed by atoms with Crippen molar-refractivity contribution in [2.24, 2.45) is 5.84 Å². The molecule has 2 aromatic rings. The Kier molecular flexibility index (Phi) is 4.02. The van der Waals surface area contributed by atoms with E-state index in [9.17, 15) is 4.79 Å². The molecule has 0 fully saturated rings. The molecular weight excluding hydrogens is 204 g/mol. The van der Waals surface area contributed by atoms with Crippen molar-refractivity contribution in [3.63, 3.8) is 0 Å². The summed E-state index contributed by atoms with van der Waals surface area (Å²) in [5.41, 5.74) is 4.35. The third-order valence-electron chi connectivity index (χ3n) is 2.09. The minimum Gasteiger partial charge on any atom is -0.304 e. The summed E-state index contributed by atoms with van der Waals surface area (Å²) in [5.74, 6) is 4.71. The zero-order valence-corrected chi connectivity index (χ0v) is 9.69. The highest BCUT2D eigenvalue weighted by atomic mass is 16.2. The second kappa shape index (κ2) is 5.27. The van der Waals surface area contributed by atoms with Gasteiger partial charge in [-0.1, -0.05) is 13.8 Å². The lowest BCUT2D eigenvalue weighted by Gasteiger charge is -2.00. The number of pyridine rings is 1. The van der Waals surface area contributed by atoms with Crippen molar-refractivity contribution in [2.75, 3.05) is 0 Å². The molecule has 0 aliphatic carbocycles. The van der Waals surface area contributed by atoms with Crippen LogP contribution in [0, 0.1) is 6.92 Å². The highest BCUT2D eigenvalue weighted by Crippen LogP contribution is 2.08. The molecule has 5 heteroatoms. The van der Waals surface area contributed by atoms with Crippen LogP contribution in [0.25, 0.3) is 5.65 Å². The van der Waals surface area contributed by atoms with Gasteiger partial charge in [-0.05, 0) is 19.1 Å². The van der Waals surface area contributed by atoms with E-state index < -0.39 is 0 Å². The maximum absolute atomic E-state index is 11.2. The van der Waals surface area contributed by atoms with E-state index >= 15 is 0 Å². The van der Waals surface area contributed by atoms with Crippen LogP contribution in [0.3, 0.4) is 0 Å². The van der Waals surface area contributed by atoms with E-state index in [0.29, 0.717) is 5.56 Å². The lowest BCUT2D eigenvalue weighted by molar-refractivity contribution is 0.0953. The lowest BCUT2D eigenvalue weighted by atomic mass is 10.2. The zero-order valence-electron chi connectivity index (χ0n) is 9.69. The summed E-state index contributed by atoms with van der Waals surface area (Å²) in [6.07, 6.45) is 3.54. The number of nitrogen functional groups attached to an aromatic ring is 1. The van der Waals surface area contributed by atoms with Gasteiger partial charge in [-0.2, -0.15) is 0 Å². The molecule has 5 nitrogen and oxygen atoms in total. The number of nitrogens with one attached hydrogen (secondary N) is 1. The predicted octanol–water partition coefficient (Wildman–Crippen LogP) is 1.27. The molecule has 0 atom stereocenters. The Morgan fingerprint density at radius 2 is 2.19 bits per heavy atom. The van der Waals surface area contributed by atoms with Crippen molar-refractivity contribution in [1.82, 2.24) is 14.8 Å². The van der Waals surface area contributed by atoms with Crippen LogP contribution < -0.4 is 11.3 Å². The standard InChI is InChI=1S/C9H10N4O.C2H6/c1-6-5-11-8-4-7(9(14)12-10)2-3-13(6)8;1-2/h2-5H,10H2,1H3,(H,12,14);1-2H3. The quantitative estimate of drug-likeness (QED) is 0.432. The molecule has 0 unspecified atom stereocenters. The molecule has 2 heterocycles. The molecule has 1 amide bonds.